The maximum Gasteiger partial charge on any atom is 0.0746 e. The van der Waals surface area contributed by atoms with Crippen molar-refractivity contribution in [1.29, 1.82) is 0 Å². The highest BCUT2D eigenvalue weighted by atomic mass is 79.9. The molecule has 1 aromatic heterocycles. The van der Waals surface area contributed by atoms with Crippen LogP contribution in [0.2, 0.25) is 0 Å². The van der Waals surface area contributed by atoms with Crippen LogP contribution < -0.4 is 0 Å². The Morgan fingerprint density at radius 3 is 2.88 bits per heavy atom. The summed E-state index contributed by atoms with van der Waals surface area (Å²) in [6.07, 6.45) is 8.06. The number of nitrogens with zero attached hydrogens (tertiary/aromatic N) is 2. The van der Waals surface area contributed by atoms with Crippen LogP contribution >= 0.6 is 15.9 Å². The molecule has 3 rings (SSSR count). The van der Waals surface area contributed by atoms with Gasteiger partial charge in [-0.2, -0.15) is 5.10 Å². The Morgan fingerprint density at radius 1 is 1.35 bits per heavy atom. The lowest BCUT2D eigenvalue weighted by atomic mass is 9.84. The van der Waals surface area contributed by atoms with Crippen molar-refractivity contribution in [3.05, 3.63) is 16.9 Å². The molecule has 4 nitrogen and oxygen atoms in total. The molecule has 0 aliphatic carbocycles. The van der Waals surface area contributed by atoms with Crippen molar-refractivity contribution in [3.8, 4) is 0 Å². The fourth-order valence-corrected chi connectivity index (χ4v) is 3.14. The first kappa shape index (κ1) is 11.7. The molecule has 0 amide bonds. The number of ether oxygens (including phenoxy) is 2. The number of rotatable bonds is 1. The first-order valence-corrected chi connectivity index (χ1v) is 6.98. The van der Waals surface area contributed by atoms with Gasteiger partial charge < -0.3 is 9.47 Å². The standard InChI is InChI=1S/C12H17BrN2O2/c13-10-8-14-15(9-10)11-1-4-17-12(7-11)2-5-16-6-3-12/h8-9,11H,1-7H2/t11-/m0/s1. The Labute approximate surface area is 109 Å². The normalized spacial score (nSPS) is 28.4. The summed E-state index contributed by atoms with van der Waals surface area (Å²) >= 11 is 3.45. The minimum atomic E-state index is 0.0413. The molecule has 17 heavy (non-hydrogen) atoms. The summed E-state index contributed by atoms with van der Waals surface area (Å²) in [7, 11) is 0. The third-order valence-electron chi connectivity index (χ3n) is 3.82. The van der Waals surface area contributed by atoms with E-state index in [1.807, 2.05) is 6.20 Å². The summed E-state index contributed by atoms with van der Waals surface area (Å²) in [5, 5.41) is 4.40. The van der Waals surface area contributed by atoms with Crippen LogP contribution in [0.4, 0.5) is 0 Å². The molecule has 1 atom stereocenters. The number of aromatic nitrogens is 2. The molecule has 1 spiro atoms. The molecule has 0 bridgehead atoms. The van der Waals surface area contributed by atoms with Crippen molar-refractivity contribution in [2.45, 2.75) is 37.3 Å². The van der Waals surface area contributed by atoms with Gasteiger partial charge in [0.05, 0.1) is 22.3 Å². The Morgan fingerprint density at radius 2 is 2.18 bits per heavy atom. The highest BCUT2D eigenvalue weighted by Crippen LogP contribution is 2.38. The molecule has 2 aliphatic rings. The van der Waals surface area contributed by atoms with Crippen LogP contribution in [-0.4, -0.2) is 35.2 Å². The van der Waals surface area contributed by atoms with E-state index in [2.05, 4.69) is 31.9 Å². The quantitative estimate of drug-likeness (QED) is 0.800. The largest absolute Gasteiger partial charge is 0.381 e. The van der Waals surface area contributed by atoms with Gasteiger partial charge in [0, 0.05) is 26.0 Å². The predicted molar refractivity (Wildman–Crippen MR) is 66.9 cm³/mol. The molecule has 0 radical (unpaired) electrons. The van der Waals surface area contributed by atoms with Gasteiger partial charge in [0.2, 0.25) is 0 Å². The Balaban J connectivity index is 1.74. The summed E-state index contributed by atoms with van der Waals surface area (Å²) in [6.45, 7) is 2.49. The molecule has 94 valence electrons. The van der Waals surface area contributed by atoms with E-state index in [0.29, 0.717) is 6.04 Å². The van der Waals surface area contributed by atoms with Crippen molar-refractivity contribution in [1.82, 2.24) is 9.78 Å². The van der Waals surface area contributed by atoms with Crippen molar-refractivity contribution in [3.63, 3.8) is 0 Å². The van der Waals surface area contributed by atoms with Crippen molar-refractivity contribution >= 4 is 15.9 Å². The average molecular weight is 301 g/mol. The molecule has 3 heterocycles. The van der Waals surface area contributed by atoms with Gasteiger partial charge in [-0.05, 0) is 41.6 Å². The molecule has 1 aromatic rings. The van der Waals surface area contributed by atoms with E-state index < -0.39 is 0 Å². The molecule has 0 unspecified atom stereocenters. The zero-order chi connectivity index (χ0) is 11.7. The van der Waals surface area contributed by atoms with Gasteiger partial charge in [-0.1, -0.05) is 0 Å². The minimum Gasteiger partial charge on any atom is -0.381 e. The van der Waals surface area contributed by atoms with E-state index in [-0.39, 0.29) is 5.60 Å². The molecular weight excluding hydrogens is 284 g/mol. The third kappa shape index (κ3) is 2.41. The van der Waals surface area contributed by atoms with Crippen LogP contribution in [0.3, 0.4) is 0 Å². The Bertz CT molecular complexity index is 382. The van der Waals surface area contributed by atoms with Crippen LogP contribution in [-0.2, 0) is 9.47 Å². The molecule has 0 N–H and O–H groups in total. The van der Waals surface area contributed by atoms with Crippen LogP contribution in [0.25, 0.3) is 0 Å². The average Bonchev–Trinajstić information content (AvgIpc) is 2.77. The molecule has 2 fully saturated rings. The smallest absolute Gasteiger partial charge is 0.0746 e. The van der Waals surface area contributed by atoms with Crippen molar-refractivity contribution in [2.75, 3.05) is 19.8 Å². The predicted octanol–water partition coefficient (Wildman–Crippen LogP) is 2.55. The van der Waals surface area contributed by atoms with Gasteiger partial charge in [0.25, 0.3) is 0 Å². The molecule has 2 aliphatic heterocycles. The monoisotopic (exact) mass is 300 g/mol. The topological polar surface area (TPSA) is 36.3 Å². The second kappa shape index (κ2) is 4.71. The SMILES string of the molecule is Brc1cnn([C@H]2CCOC3(CCOCC3)C2)c1. The van der Waals surface area contributed by atoms with E-state index in [0.717, 1.165) is 50.0 Å². The lowest BCUT2D eigenvalue weighted by Gasteiger charge is -2.43. The van der Waals surface area contributed by atoms with Crippen LogP contribution in [0.15, 0.2) is 16.9 Å². The van der Waals surface area contributed by atoms with Crippen LogP contribution in [0.5, 0.6) is 0 Å². The lowest BCUT2D eigenvalue weighted by molar-refractivity contribution is -0.145. The van der Waals surface area contributed by atoms with Crippen LogP contribution in [0.1, 0.15) is 31.7 Å². The van der Waals surface area contributed by atoms with Crippen molar-refractivity contribution < 1.29 is 9.47 Å². The first-order chi connectivity index (χ1) is 8.27. The van der Waals surface area contributed by atoms with Gasteiger partial charge in [-0.25, -0.2) is 0 Å². The summed E-state index contributed by atoms with van der Waals surface area (Å²) in [4.78, 5) is 0. The second-order valence-corrected chi connectivity index (χ2v) is 5.84. The van der Waals surface area contributed by atoms with Gasteiger partial charge in [0.1, 0.15) is 0 Å². The first-order valence-electron chi connectivity index (χ1n) is 6.19. The van der Waals surface area contributed by atoms with Gasteiger partial charge in [-0.15, -0.1) is 0 Å². The summed E-state index contributed by atoms with van der Waals surface area (Å²) in [6, 6.07) is 0.466. The minimum absolute atomic E-state index is 0.0413. The van der Waals surface area contributed by atoms with E-state index in [1.54, 1.807) is 0 Å². The third-order valence-corrected chi connectivity index (χ3v) is 4.22. The van der Waals surface area contributed by atoms with E-state index >= 15 is 0 Å². The summed E-state index contributed by atoms with van der Waals surface area (Å²) in [5.74, 6) is 0. The fraction of sp³-hybridized carbons (Fsp3) is 0.750. The molecular formula is C12H17BrN2O2. The van der Waals surface area contributed by atoms with Crippen molar-refractivity contribution in [2.24, 2.45) is 0 Å². The highest BCUT2D eigenvalue weighted by molar-refractivity contribution is 9.10. The van der Waals surface area contributed by atoms with E-state index in [4.69, 9.17) is 9.47 Å². The maximum atomic E-state index is 6.03. The summed E-state index contributed by atoms with van der Waals surface area (Å²) < 4.78 is 14.6. The lowest BCUT2D eigenvalue weighted by Crippen LogP contribution is -2.44. The molecule has 0 saturated carbocycles. The zero-order valence-electron chi connectivity index (χ0n) is 9.77. The fourth-order valence-electron chi connectivity index (χ4n) is 2.83. The number of hydrogen-bond acceptors (Lipinski definition) is 3. The highest BCUT2D eigenvalue weighted by Gasteiger charge is 2.39. The van der Waals surface area contributed by atoms with Gasteiger partial charge >= 0.3 is 0 Å². The molecule has 2 saturated heterocycles. The zero-order valence-corrected chi connectivity index (χ0v) is 11.4. The van der Waals surface area contributed by atoms with Gasteiger partial charge in [-0.3, -0.25) is 4.68 Å². The second-order valence-electron chi connectivity index (χ2n) is 4.93. The number of halogens is 1. The number of hydrogen-bond donors (Lipinski definition) is 0. The Hall–Kier alpha value is -0.390. The maximum absolute atomic E-state index is 6.03. The van der Waals surface area contributed by atoms with Gasteiger partial charge in [0.15, 0.2) is 0 Å². The Kier molecular flexibility index (Phi) is 3.23. The van der Waals surface area contributed by atoms with E-state index in [1.165, 1.54) is 0 Å². The molecule has 5 heteroatoms. The molecule has 0 aromatic carbocycles. The summed E-state index contributed by atoms with van der Waals surface area (Å²) in [5.41, 5.74) is 0.0413. The van der Waals surface area contributed by atoms with E-state index in [9.17, 15) is 0 Å². The van der Waals surface area contributed by atoms with Crippen LogP contribution in [0, 0.1) is 0 Å².